The van der Waals surface area contributed by atoms with Gasteiger partial charge in [0.15, 0.2) is 20.0 Å². The quantitative estimate of drug-likeness (QED) is 0.152. The zero-order valence-corrected chi connectivity index (χ0v) is 27.7. The minimum absolute atomic E-state index is 0.128. The van der Waals surface area contributed by atoms with Crippen LogP contribution in [0.25, 0.3) is 28.1 Å². The van der Waals surface area contributed by atoms with Gasteiger partial charge in [0.2, 0.25) is 0 Å². The molecule has 0 saturated carbocycles. The van der Waals surface area contributed by atoms with Gasteiger partial charge >= 0.3 is 0 Å². The summed E-state index contributed by atoms with van der Waals surface area (Å²) in [6.07, 6.45) is 5.39. The van der Waals surface area contributed by atoms with Crippen molar-refractivity contribution >= 4 is 30.6 Å². The fourth-order valence-corrected chi connectivity index (χ4v) is 5.84. The summed E-state index contributed by atoms with van der Waals surface area (Å²) < 4.78 is 24.1. The van der Waals surface area contributed by atoms with Crippen molar-refractivity contribution in [2.24, 2.45) is 0 Å². The number of aromatic nitrogens is 5. The van der Waals surface area contributed by atoms with Gasteiger partial charge in [-0.25, -0.2) is 19.6 Å². The smallest absolute Gasteiger partial charge is 0.192 e. The van der Waals surface area contributed by atoms with Crippen LogP contribution < -0.4 is 4.72 Å². The number of nitrogens with zero attached hydrogens (tertiary/aromatic N) is 5. The Bertz CT molecular complexity index is 1480. The van der Waals surface area contributed by atoms with E-state index in [0.29, 0.717) is 12.4 Å². The SMILES string of the molecule is CCC[C@@H](N[S+]([O-])C(C)(C)C)c1ccnc(-c2ccc3cnn(-c4cccc(CO[Si](C)(C)C(C)(C)C)n4)c3c2)n1. The summed E-state index contributed by atoms with van der Waals surface area (Å²) in [6, 6.07) is 13.8. The molecule has 0 spiro atoms. The number of pyridine rings is 1. The van der Waals surface area contributed by atoms with Gasteiger partial charge in [-0.3, -0.25) is 0 Å². The van der Waals surface area contributed by atoms with E-state index in [1.807, 2.05) is 68.0 Å². The molecular weight excluding hydrogens is 549 g/mol. The number of rotatable bonds is 10. The fraction of sp³-hybridized carbons (Fsp3) is 0.484. The Hall–Kier alpha value is -2.63. The lowest BCUT2D eigenvalue weighted by molar-refractivity contribution is 0.272. The van der Waals surface area contributed by atoms with Gasteiger partial charge in [0, 0.05) is 28.5 Å². The van der Waals surface area contributed by atoms with Gasteiger partial charge < -0.3 is 8.98 Å². The zero-order valence-electron chi connectivity index (χ0n) is 25.9. The van der Waals surface area contributed by atoms with Crippen LogP contribution in [0.5, 0.6) is 0 Å². The number of hydrogen-bond acceptors (Lipinski definition) is 7. The van der Waals surface area contributed by atoms with E-state index in [1.54, 1.807) is 6.20 Å². The molecule has 0 aliphatic rings. The summed E-state index contributed by atoms with van der Waals surface area (Å²) in [7, 11) is -1.89. The molecule has 41 heavy (non-hydrogen) atoms. The fourth-order valence-electron chi connectivity index (χ4n) is 4.04. The first-order valence-corrected chi connectivity index (χ1v) is 18.3. The Kier molecular flexibility index (Phi) is 9.40. The number of nitrogens with one attached hydrogen (secondary N) is 1. The standard InChI is InChI=1S/C31H44N6O2SSi/c1-10-12-26(36-40(38)30(2,3)4)25-17-18-32-29(35-25)22-15-16-23-20-33-37(27(23)19-22)28-14-11-13-24(34-28)21-39-41(8,9)31(5,6)7/h11,13-20,26,36H,10,12,21H2,1-9H3/t26-,40?/m1/s1. The molecule has 0 amide bonds. The van der Waals surface area contributed by atoms with Crippen LogP contribution in [0.1, 0.15) is 78.7 Å². The molecule has 0 bridgehead atoms. The van der Waals surface area contributed by atoms with E-state index in [2.05, 4.69) is 61.7 Å². The molecule has 0 saturated heterocycles. The van der Waals surface area contributed by atoms with Crippen LogP contribution in [0.3, 0.4) is 0 Å². The zero-order chi connectivity index (χ0) is 30.0. The van der Waals surface area contributed by atoms with Crippen LogP contribution in [-0.4, -0.2) is 42.3 Å². The monoisotopic (exact) mass is 592 g/mol. The Morgan fingerprint density at radius 1 is 1.05 bits per heavy atom. The maximum atomic E-state index is 12.9. The van der Waals surface area contributed by atoms with Crippen LogP contribution in [0.15, 0.2) is 54.9 Å². The second kappa shape index (κ2) is 12.3. The van der Waals surface area contributed by atoms with E-state index in [0.717, 1.165) is 46.5 Å². The number of hydrogen-bond donors (Lipinski definition) is 1. The van der Waals surface area contributed by atoms with Gasteiger partial charge in [0.05, 0.1) is 35.8 Å². The van der Waals surface area contributed by atoms with Crippen molar-refractivity contribution in [3.8, 4) is 17.2 Å². The van der Waals surface area contributed by atoms with Crippen molar-refractivity contribution in [3.63, 3.8) is 0 Å². The topological polar surface area (TPSA) is 101 Å². The Morgan fingerprint density at radius 2 is 1.80 bits per heavy atom. The molecule has 0 fully saturated rings. The van der Waals surface area contributed by atoms with Crippen molar-refractivity contribution in [3.05, 3.63) is 66.2 Å². The van der Waals surface area contributed by atoms with Gasteiger partial charge in [-0.1, -0.05) is 52.3 Å². The Labute approximate surface area is 248 Å². The third kappa shape index (κ3) is 7.42. The number of benzene rings is 1. The van der Waals surface area contributed by atoms with Crippen LogP contribution >= 0.6 is 0 Å². The van der Waals surface area contributed by atoms with Crippen LogP contribution in [0.4, 0.5) is 0 Å². The maximum Gasteiger partial charge on any atom is 0.192 e. The Morgan fingerprint density at radius 3 is 2.49 bits per heavy atom. The lowest BCUT2D eigenvalue weighted by Gasteiger charge is -2.36. The van der Waals surface area contributed by atoms with Crippen molar-refractivity contribution in [2.75, 3.05) is 0 Å². The molecule has 0 aliphatic heterocycles. The molecule has 1 aromatic carbocycles. The molecular formula is C31H44N6O2SSi. The highest BCUT2D eigenvalue weighted by molar-refractivity contribution is 7.90. The lowest BCUT2D eigenvalue weighted by Crippen LogP contribution is -2.41. The summed E-state index contributed by atoms with van der Waals surface area (Å²) >= 11 is -1.21. The molecule has 10 heteroatoms. The Balaban J connectivity index is 1.63. The molecule has 2 atom stereocenters. The average molecular weight is 593 g/mol. The van der Waals surface area contributed by atoms with Crippen LogP contribution in [-0.2, 0) is 22.4 Å². The third-order valence-corrected chi connectivity index (χ3v) is 13.7. The summed E-state index contributed by atoms with van der Waals surface area (Å²) in [5, 5.41) is 5.79. The van der Waals surface area contributed by atoms with E-state index < -0.39 is 19.7 Å². The molecule has 3 aromatic heterocycles. The van der Waals surface area contributed by atoms with Gasteiger partial charge in [-0.2, -0.15) is 5.10 Å². The molecule has 1 unspecified atom stereocenters. The second-order valence-electron chi connectivity index (χ2n) is 13.0. The van der Waals surface area contributed by atoms with Crippen molar-refractivity contribution in [1.29, 1.82) is 0 Å². The summed E-state index contributed by atoms with van der Waals surface area (Å²) in [5.41, 5.74) is 3.51. The first-order chi connectivity index (χ1) is 19.2. The van der Waals surface area contributed by atoms with Crippen molar-refractivity contribution < 1.29 is 8.98 Å². The minimum Gasteiger partial charge on any atom is -0.598 e. The molecule has 1 N–H and O–H groups in total. The predicted octanol–water partition coefficient (Wildman–Crippen LogP) is 7.29. The van der Waals surface area contributed by atoms with E-state index in [1.165, 1.54) is 0 Å². The molecule has 220 valence electrons. The summed E-state index contributed by atoms with van der Waals surface area (Å²) in [6.45, 7) is 19.7. The molecule has 0 aliphatic carbocycles. The van der Waals surface area contributed by atoms with E-state index in [-0.39, 0.29) is 15.8 Å². The highest BCUT2D eigenvalue weighted by Gasteiger charge is 2.37. The second-order valence-corrected chi connectivity index (χ2v) is 19.8. The highest BCUT2D eigenvalue weighted by Crippen LogP contribution is 2.37. The molecule has 4 rings (SSSR count). The van der Waals surface area contributed by atoms with Crippen molar-refractivity contribution in [1.82, 2.24) is 29.5 Å². The summed E-state index contributed by atoms with van der Waals surface area (Å²) in [4.78, 5) is 14.4. The van der Waals surface area contributed by atoms with Crippen LogP contribution in [0.2, 0.25) is 18.1 Å². The van der Waals surface area contributed by atoms with E-state index >= 15 is 0 Å². The van der Waals surface area contributed by atoms with Gasteiger partial charge in [0.25, 0.3) is 0 Å². The van der Waals surface area contributed by atoms with Crippen LogP contribution in [0, 0.1) is 0 Å². The summed E-state index contributed by atoms with van der Waals surface area (Å²) in [5.74, 6) is 1.35. The third-order valence-electron chi connectivity index (χ3n) is 7.64. The molecule has 4 aromatic rings. The van der Waals surface area contributed by atoms with Gasteiger partial charge in [0.1, 0.15) is 4.75 Å². The molecule has 0 radical (unpaired) electrons. The number of fused-ring (bicyclic) bond motifs is 1. The van der Waals surface area contributed by atoms with E-state index in [4.69, 9.17) is 14.4 Å². The highest BCUT2D eigenvalue weighted by atomic mass is 32.2. The van der Waals surface area contributed by atoms with Crippen molar-refractivity contribution in [2.45, 2.75) is 96.8 Å². The first-order valence-electron chi connectivity index (χ1n) is 14.3. The average Bonchev–Trinajstić information content (AvgIpc) is 3.34. The largest absolute Gasteiger partial charge is 0.598 e. The van der Waals surface area contributed by atoms with Gasteiger partial charge in [-0.15, -0.1) is 4.72 Å². The maximum absolute atomic E-state index is 12.9. The predicted molar refractivity (Wildman–Crippen MR) is 171 cm³/mol. The molecule has 3 heterocycles. The normalized spacial score (nSPS) is 14.4. The first kappa shape index (κ1) is 31.3. The molecule has 8 nitrogen and oxygen atoms in total. The van der Waals surface area contributed by atoms with Gasteiger partial charge in [-0.05, 0) is 69.6 Å². The van der Waals surface area contributed by atoms with E-state index in [9.17, 15) is 4.55 Å². The minimum atomic E-state index is -1.89. The lowest BCUT2D eigenvalue weighted by atomic mass is 10.1.